The van der Waals surface area contributed by atoms with Crippen molar-refractivity contribution in [2.45, 2.75) is 19.6 Å². The number of benzene rings is 8. The number of aromatic hydroxyl groups is 4. The number of nitro benzene ring substituents is 2. The van der Waals surface area contributed by atoms with E-state index < -0.39 is 138 Å². The smallest absolute Gasteiger partial charge is 0.506 e. The van der Waals surface area contributed by atoms with Crippen molar-refractivity contribution in [2.24, 2.45) is 20.5 Å². The zero-order valence-corrected chi connectivity index (χ0v) is 61.1. The van der Waals surface area contributed by atoms with Crippen LogP contribution in [0.5, 0.6) is 23.0 Å². The van der Waals surface area contributed by atoms with E-state index in [1.54, 1.807) is 0 Å². The Hall–Kier alpha value is -6.03. The number of fused-ring (bicyclic) bond motifs is 4. The first-order valence-electron chi connectivity index (χ1n) is 23.2. The second kappa shape index (κ2) is 30.8. The molecular weight excluding hydrogens is 1440 g/mol. The van der Waals surface area contributed by atoms with Crippen LogP contribution in [-0.2, 0) is 57.8 Å². The average molecular weight is 1470 g/mol. The molecule has 0 aliphatic heterocycles. The number of aromatic amines is 1. The average Bonchev–Trinajstić information content (AvgIpc) is 0.782. The number of nitrogens with two attached hydrogens (primary N) is 2. The van der Waals surface area contributed by atoms with Gasteiger partial charge >= 0.3 is 135 Å². The third-order valence-corrected chi connectivity index (χ3v) is 15.9. The Kier molecular flexibility index (Phi) is 26.3. The molecule has 10 aromatic rings. The van der Waals surface area contributed by atoms with Crippen molar-refractivity contribution in [3.8, 4) is 23.0 Å². The predicted octanol–water partition coefficient (Wildman–Crippen LogP) is -3.80. The number of hydrogen-bond acceptors (Lipinski definition) is 29. The summed E-state index contributed by atoms with van der Waals surface area (Å²) in [5.74, 6) is -3.51. The summed E-state index contributed by atoms with van der Waals surface area (Å²) in [6.45, 7) is 0. The largest absolute Gasteiger partial charge is 1.00 e. The summed E-state index contributed by atoms with van der Waals surface area (Å²) >= 11 is 11.6. The van der Waals surface area contributed by atoms with Gasteiger partial charge in [0.2, 0.25) is 17.2 Å². The standard InChI is InChI=1S/2C23H15ClN8O10S2.Cr.4Na/c2*24-21-27-22(25)29-23(28-21)26-10-1-3-12-9(5-10)6-17(44(40,41)42)19(20(12)34)31-30-18-13-4-2-11(32(35)36)7-14(13)16(8-15(18)33)43(37,38)39;;;;;/h2*1-8,33-34H,(H,37,38,39)(H,40,41,42)(H3,25,26,27,28,29);;;;;/q;;;4*+1/p+1. The quantitative estimate of drug-likeness (QED) is 0.0163. The van der Waals surface area contributed by atoms with Gasteiger partial charge in [-0.05, 0) is 94.6 Å². The molecule has 8 aromatic carbocycles. The van der Waals surface area contributed by atoms with E-state index in [9.17, 15) is 92.5 Å². The maximum absolute atomic E-state index is 12.3. The molecule has 0 amide bonds. The second-order valence-corrected chi connectivity index (χ2v) is 23.9. The van der Waals surface area contributed by atoms with E-state index in [1.165, 1.54) is 36.4 Å². The number of azo groups is 2. The number of anilines is 6. The van der Waals surface area contributed by atoms with Crippen LogP contribution in [0.1, 0.15) is 0 Å². The maximum Gasteiger partial charge on any atom is 1.00 e. The molecule has 0 saturated heterocycles. The van der Waals surface area contributed by atoms with Gasteiger partial charge in [0.1, 0.15) is 53.8 Å². The van der Waals surface area contributed by atoms with Crippen molar-refractivity contribution in [3.05, 3.63) is 128 Å². The number of nitrogens with zero attached hydrogens (tertiary/aromatic N) is 11. The Morgan fingerprint density at radius 2 is 0.839 bits per heavy atom. The SMILES string of the molecule is Nc1nc(Cl)nc(Nc2ccc3c(O)c(N=Nc4c(O)cc(S(=O)(=O)O)c5cc([N+](=O)[O-])ccc45)c(S(=O)(=O)O)cc3c2)[nH+]1.Nc1nc(Cl)nc(Nc2ccc3c(O)c(N=Nc4c(O)cc(S(=O)(=O)O)c5cc([N+](=O)[O-])ccc45)c(S(=O)(=O)O)cc3c2)n1.[Cr].[Na+].[Na+].[Na+].[Na+]. The monoisotopic (exact) mass is 1470 g/mol. The molecule has 0 aliphatic rings. The number of phenols is 4. The zero-order chi connectivity index (χ0) is 64.3. The van der Waals surface area contributed by atoms with Crippen LogP contribution < -0.4 is 145 Å². The first kappa shape index (κ1) is 79.4. The molecule has 36 nitrogen and oxygen atoms in total. The number of rotatable bonds is 14. The molecule has 2 aromatic heterocycles. The van der Waals surface area contributed by atoms with Gasteiger partial charge in [-0.2, -0.15) is 48.6 Å². The molecule has 0 fully saturated rings. The number of nitrogen functional groups attached to an aromatic ring is 2. The molecule has 458 valence electrons. The van der Waals surface area contributed by atoms with E-state index in [1.807, 2.05) is 0 Å². The Balaban J connectivity index is 0.000000376. The fraction of sp³-hybridized carbons (Fsp3) is 0. The van der Waals surface area contributed by atoms with Gasteiger partial charge in [0, 0.05) is 91.8 Å². The molecule has 10 rings (SSSR count). The van der Waals surface area contributed by atoms with Crippen LogP contribution in [0.15, 0.2) is 137 Å². The number of hydrogen-bond donors (Lipinski definition) is 12. The Morgan fingerprint density at radius 3 is 1.22 bits per heavy atom. The number of non-ortho nitro benzene ring substituents is 2. The topological polar surface area (TPSA) is 589 Å². The van der Waals surface area contributed by atoms with Gasteiger partial charge < -0.3 is 37.2 Å². The van der Waals surface area contributed by atoms with Crippen LogP contribution in [-0.4, -0.2) is 107 Å². The zero-order valence-electron chi connectivity index (χ0n) is 47.1. The van der Waals surface area contributed by atoms with Crippen molar-refractivity contribution in [3.63, 3.8) is 0 Å². The minimum Gasteiger partial charge on any atom is -0.506 e. The minimum atomic E-state index is -5.08. The number of aromatic nitrogens is 6. The second-order valence-electron chi connectivity index (χ2n) is 17.7. The van der Waals surface area contributed by atoms with E-state index in [2.05, 4.69) is 61.0 Å². The summed E-state index contributed by atoms with van der Waals surface area (Å²) in [7, 11) is -20.1. The van der Waals surface area contributed by atoms with Crippen molar-refractivity contribution >= 4 is 176 Å². The summed E-state index contributed by atoms with van der Waals surface area (Å²) in [6.07, 6.45) is 0. The molecule has 0 unspecified atom stereocenters. The Bertz CT molecular complexity index is 4920. The van der Waals surface area contributed by atoms with Crippen LogP contribution in [0, 0.1) is 20.2 Å². The normalized spacial score (nSPS) is 11.6. The van der Waals surface area contributed by atoms with Crippen molar-refractivity contribution < 1.29 is 223 Å². The van der Waals surface area contributed by atoms with Gasteiger partial charge in [-0.15, -0.1) is 20.5 Å². The summed E-state index contributed by atoms with van der Waals surface area (Å²) < 4.78 is 136. The van der Waals surface area contributed by atoms with Crippen molar-refractivity contribution in [1.82, 2.24) is 24.9 Å². The maximum atomic E-state index is 12.3. The predicted molar refractivity (Wildman–Crippen MR) is 307 cm³/mol. The van der Waals surface area contributed by atoms with Gasteiger partial charge in [-0.3, -0.25) is 43.8 Å². The number of phenolic OH excluding ortho intramolecular Hbond substituents is 4. The molecular formula is C46H31Cl2CrN16Na4O20S4+5. The van der Waals surface area contributed by atoms with Crippen molar-refractivity contribution in [2.75, 3.05) is 22.1 Å². The first-order valence-corrected chi connectivity index (χ1v) is 29.7. The molecule has 0 saturated carbocycles. The third-order valence-electron chi connectivity index (χ3n) is 12.0. The van der Waals surface area contributed by atoms with E-state index in [0.717, 1.165) is 48.5 Å². The molecule has 0 atom stereocenters. The number of halogens is 2. The van der Waals surface area contributed by atoms with Gasteiger partial charge in [0.05, 0.1) is 15.5 Å². The molecule has 0 spiro atoms. The summed E-state index contributed by atoms with van der Waals surface area (Å²) in [5, 5.41) is 84.7. The molecule has 2 heterocycles. The number of nitro groups is 2. The van der Waals surface area contributed by atoms with Crippen LogP contribution in [0.3, 0.4) is 0 Å². The third kappa shape index (κ3) is 17.9. The number of H-pyrrole nitrogens is 1. The van der Waals surface area contributed by atoms with Crippen molar-refractivity contribution in [1.29, 1.82) is 0 Å². The Morgan fingerprint density at radius 1 is 0.462 bits per heavy atom. The molecule has 0 bridgehead atoms. The van der Waals surface area contributed by atoms with Gasteiger partial charge in [0.25, 0.3) is 51.8 Å². The van der Waals surface area contributed by atoms with Gasteiger partial charge in [0.15, 0.2) is 11.5 Å². The molecule has 0 aliphatic carbocycles. The van der Waals surface area contributed by atoms with Crippen LogP contribution in [0.2, 0.25) is 10.6 Å². The molecule has 93 heavy (non-hydrogen) atoms. The van der Waals surface area contributed by atoms with E-state index >= 15 is 0 Å². The summed E-state index contributed by atoms with van der Waals surface area (Å²) in [6, 6.07) is 16.9. The van der Waals surface area contributed by atoms with Gasteiger partial charge in [-0.25, -0.2) is 4.98 Å². The van der Waals surface area contributed by atoms with E-state index in [-0.39, 0.29) is 208 Å². The summed E-state index contributed by atoms with van der Waals surface area (Å²) in [4.78, 5) is 38.8. The fourth-order valence-corrected chi connectivity index (χ4v) is 11.4. The molecule has 0 radical (unpaired) electrons. The molecule has 47 heteroatoms. The Labute approximate surface area is 629 Å². The van der Waals surface area contributed by atoms with E-state index in [4.69, 9.17) is 34.7 Å². The van der Waals surface area contributed by atoms with Gasteiger partial charge in [-0.1, -0.05) is 9.97 Å². The van der Waals surface area contributed by atoms with Crippen LogP contribution in [0.25, 0.3) is 43.1 Å². The van der Waals surface area contributed by atoms with E-state index in [0.29, 0.717) is 17.8 Å². The summed E-state index contributed by atoms with van der Waals surface area (Å²) in [5.41, 5.74) is 8.05. The van der Waals surface area contributed by atoms with Crippen LogP contribution >= 0.6 is 23.2 Å². The first-order chi connectivity index (χ1) is 41.0. The van der Waals surface area contributed by atoms with Crippen LogP contribution in [0.4, 0.5) is 69.3 Å². The fourth-order valence-electron chi connectivity index (χ4n) is 8.35. The molecule has 15 N–H and O–H groups in total. The number of nitrogens with one attached hydrogen (secondary N) is 3. The minimum absolute atomic E-state index is 0.